The molecule has 100 valence electrons. The number of anilines is 3. The van der Waals surface area contributed by atoms with Crippen LogP contribution in [0.15, 0.2) is 30.5 Å². The van der Waals surface area contributed by atoms with E-state index in [4.69, 9.17) is 4.74 Å². The van der Waals surface area contributed by atoms with E-state index in [1.54, 1.807) is 20.4 Å². The summed E-state index contributed by atoms with van der Waals surface area (Å²) < 4.78 is 5.38. The van der Waals surface area contributed by atoms with Gasteiger partial charge in [0.2, 0.25) is 5.95 Å². The molecule has 0 saturated carbocycles. The van der Waals surface area contributed by atoms with Crippen molar-refractivity contribution in [2.75, 3.05) is 31.4 Å². The third kappa shape index (κ3) is 2.59. The molecule has 2 aromatic rings. The van der Waals surface area contributed by atoms with Crippen LogP contribution in [0.1, 0.15) is 5.56 Å². The second kappa shape index (κ2) is 5.56. The number of ether oxygens (including phenoxy) is 1. The molecule has 1 heterocycles. The fraction of sp³-hybridized carbons (Fsp3) is 0.286. The van der Waals surface area contributed by atoms with Gasteiger partial charge in [0.25, 0.3) is 0 Å². The van der Waals surface area contributed by atoms with Gasteiger partial charge in [0, 0.05) is 25.9 Å². The summed E-state index contributed by atoms with van der Waals surface area (Å²) in [6.45, 7) is 1.99. The second-order valence-electron chi connectivity index (χ2n) is 4.18. The van der Waals surface area contributed by atoms with Gasteiger partial charge in [-0.2, -0.15) is 4.98 Å². The molecule has 1 aromatic heterocycles. The Labute approximate surface area is 113 Å². The molecule has 1 aromatic carbocycles. The Morgan fingerprint density at radius 1 is 1.26 bits per heavy atom. The van der Waals surface area contributed by atoms with Gasteiger partial charge >= 0.3 is 0 Å². The Morgan fingerprint density at radius 3 is 2.68 bits per heavy atom. The van der Waals surface area contributed by atoms with Crippen molar-refractivity contribution >= 4 is 17.5 Å². The number of aryl methyl sites for hydroxylation is 1. The van der Waals surface area contributed by atoms with Gasteiger partial charge in [-0.25, -0.2) is 4.98 Å². The predicted molar refractivity (Wildman–Crippen MR) is 77.4 cm³/mol. The van der Waals surface area contributed by atoms with E-state index in [2.05, 4.69) is 15.3 Å². The summed E-state index contributed by atoms with van der Waals surface area (Å²) in [6.07, 6.45) is 1.81. The lowest BCUT2D eigenvalue weighted by atomic mass is 10.2. The highest BCUT2D eigenvalue weighted by Gasteiger charge is 2.13. The van der Waals surface area contributed by atoms with E-state index < -0.39 is 0 Å². The molecule has 0 spiro atoms. The van der Waals surface area contributed by atoms with Crippen molar-refractivity contribution in [2.24, 2.45) is 0 Å². The molecule has 0 bridgehead atoms. The standard InChI is InChI=1S/C14H18N4O/c1-10-9-16-14(15-2)17-13(10)18(3)11-7-5-6-8-12(11)19-4/h5-9H,1-4H3,(H,15,16,17). The Bertz CT molecular complexity index is 571. The van der Waals surface area contributed by atoms with E-state index in [9.17, 15) is 0 Å². The fourth-order valence-corrected chi connectivity index (χ4v) is 1.91. The van der Waals surface area contributed by atoms with Crippen LogP contribution in [0.4, 0.5) is 17.5 Å². The molecule has 0 aliphatic heterocycles. The lowest BCUT2D eigenvalue weighted by molar-refractivity contribution is 0.415. The van der Waals surface area contributed by atoms with Crippen molar-refractivity contribution in [1.82, 2.24) is 9.97 Å². The Morgan fingerprint density at radius 2 is 2.00 bits per heavy atom. The van der Waals surface area contributed by atoms with Crippen molar-refractivity contribution < 1.29 is 4.74 Å². The number of rotatable bonds is 4. The number of methoxy groups -OCH3 is 1. The maximum absolute atomic E-state index is 5.38. The average molecular weight is 258 g/mol. The van der Waals surface area contributed by atoms with E-state index in [-0.39, 0.29) is 0 Å². The summed E-state index contributed by atoms with van der Waals surface area (Å²) in [5.41, 5.74) is 1.97. The first kappa shape index (κ1) is 13.1. The van der Waals surface area contributed by atoms with Gasteiger partial charge in [-0.15, -0.1) is 0 Å². The molecule has 0 aliphatic carbocycles. The molecule has 0 aliphatic rings. The van der Waals surface area contributed by atoms with Crippen molar-refractivity contribution in [2.45, 2.75) is 6.92 Å². The number of hydrogen-bond acceptors (Lipinski definition) is 5. The highest BCUT2D eigenvalue weighted by Crippen LogP contribution is 2.32. The van der Waals surface area contributed by atoms with Crippen LogP contribution >= 0.6 is 0 Å². The summed E-state index contributed by atoms with van der Waals surface area (Å²) in [5.74, 6) is 2.26. The number of nitrogens with zero attached hydrogens (tertiary/aromatic N) is 3. The zero-order valence-corrected chi connectivity index (χ0v) is 11.6. The molecule has 5 nitrogen and oxygen atoms in total. The summed E-state index contributed by atoms with van der Waals surface area (Å²) in [6, 6.07) is 7.85. The highest BCUT2D eigenvalue weighted by molar-refractivity contribution is 5.68. The minimum Gasteiger partial charge on any atom is -0.495 e. The van der Waals surface area contributed by atoms with E-state index in [1.807, 2.05) is 43.1 Å². The lowest BCUT2D eigenvalue weighted by Crippen LogP contribution is -2.15. The molecule has 1 N–H and O–H groups in total. The quantitative estimate of drug-likeness (QED) is 0.913. The predicted octanol–water partition coefficient (Wildman–Crippen LogP) is 2.60. The first-order valence-corrected chi connectivity index (χ1v) is 6.05. The smallest absolute Gasteiger partial charge is 0.224 e. The lowest BCUT2D eigenvalue weighted by Gasteiger charge is -2.22. The summed E-state index contributed by atoms with van der Waals surface area (Å²) >= 11 is 0. The summed E-state index contributed by atoms with van der Waals surface area (Å²) in [4.78, 5) is 10.7. The summed E-state index contributed by atoms with van der Waals surface area (Å²) in [5, 5.41) is 2.95. The van der Waals surface area contributed by atoms with E-state index in [0.29, 0.717) is 5.95 Å². The zero-order valence-electron chi connectivity index (χ0n) is 11.6. The van der Waals surface area contributed by atoms with Crippen molar-refractivity contribution in [3.63, 3.8) is 0 Å². The third-order valence-electron chi connectivity index (χ3n) is 2.93. The molecular formula is C14H18N4O. The van der Waals surface area contributed by atoms with Crippen molar-refractivity contribution in [3.8, 4) is 5.75 Å². The van der Waals surface area contributed by atoms with Crippen LogP contribution in [0.2, 0.25) is 0 Å². The van der Waals surface area contributed by atoms with E-state index in [0.717, 1.165) is 22.8 Å². The molecule has 0 amide bonds. The minimum atomic E-state index is 0.599. The SMILES string of the molecule is CNc1ncc(C)c(N(C)c2ccccc2OC)n1. The molecule has 0 saturated heterocycles. The molecule has 2 rings (SSSR count). The topological polar surface area (TPSA) is 50.3 Å². The second-order valence-corrected chi connectivity index (χ2v) is 4.18. The van der Waals surface area contributed by atoms with Gasteiger partial charge < -0.3 is 15.0 Å². The number of aromatic nitrogens is 2. The molecule has 0 atom stereocenters. The van der Waals surface area contributed by atoms with Gasteiger partial charge in [0.15, 0.2) is 0 Å². The van der Waals surface area contributed by atoms with Crippen LogP contribution < -0.4 is 15.0 Å². The third-order valence-corrected chi connectivity index (χ3v) is 2.93. The van der Waals surface area contributed by atoms with Gasteiger partial charge in [0.1, 0.15) is 11.6 Å². The fourth-order valence-electron chi connectivity index (χ4n) is 1.91. The van der Waals surface area contributed by atoms with Crippen LogP contribution in [-0.2, 0) is 0 Å². The monoisotopic (exact) mass is 258 g/mol. The van der Waals surface area contributed by atoms with Crippen LogP contribution in [-0.4, -0.2) is 31.2 Å². The summed E-state index contributed by atoms with van der Waals surface area (Å²) in [7, 11) is 5.43. The largest absolute Gasteiger partial charge is 0.495 e. The molecule has 0 fully saturated rings. The molecule has 0 unspecified atom stereocenters. The van der Waals surface area contributed by atoms with Gasteiger partial charge in [-0.3, -0.25) is 0 Å². The van der Waals surface area contributed by atoms with Crippen LogP contribution in [0.3, 0.4) is 0 Å². The zero-order chi connectivity index (χ0) is 13.8. The van der Waals surface area contributed by atoms with Gasteiger partial charge in [0.05, 0.1) is 12.8 Å². The van der Waals surface area contributed by atoms with E-state index >= 15 is 0 Å². The molecule has 5 heteroatoms. The van der Waals surface area contributed by atoms with Crippen LogP contribution in [0.5, 0.6) is 5.75 Å². The number of hydrogen-bond donors (Lipinski definition) is 1. The van der Waals surface area contributed by atoms with Crippen LogP contribution in [0, 0.1) is 6.92 Å². The Balaban J connectivity index is 2.46. The van der Waals surface area contributed by atoms with Crippen LogP contribution in [0.25, 0.3) is 0 Å². The van der Waals surface area contributed by atoms with Crippen molar-refractivity contribution in [1.29, 1.82) is 0 Å². The maximum atomic E-state index is 5.38. The molecule has 19 heavy (non-hydrogen) atoms. The minimum absolute atomic E-state index is 0.599. The van der Waals surface area contributed by atoms with Gasteiger partial charge in [-0.05, 0) is 19.1 Å². The number of para-hydroxylation sites is 2. The Hall–Kier alpha value is -2.30. The first-order chi connectivity index (χ1) is 9.17. The van der Waals surface area contributed by atoms with Crippen molar-refractivity contribution in [3.05, 3.63) is 36.0 Å². The normalized spacial score (nSPS) is 10.1. The van der Waals surface area contributed by atoms with E-state index in [1.165, 1.54) is 0 Å². The number of nitrogens with one attached hydrogen (secondary N) is 1. The highest BCUT2D eigenvalue weighted by atomic mass is 16.5. The average Bonchev–Trinajstić information content (AvgIpc) is 2.47. The molecular weight excluding hydrogens is 240 g/mol. The van der Waals surface area contributed by atoms with Gasteiger partial charge in [-0.1, -0.05) is 12.1 Å². The Kier molecular flexibility index (Phi) is 3.85. The first-order valence-electron chi connectivity index (χ1n) is 6.05. The maximum Gasteiger partial charge on any atom is 0.224 e. The molecule has 0 radical (unpaired) electrons. The number of benzene rings is 1.